The van der Waals surface area contributed by atoms with Gasteiger partial charge in [0.05, 0.1) is 11.7 Å². The van der Waals surface area contributed by atoms with Gasteiger partial charge in [0.1, 0.15) is 24.3 Å². The summed E-state index contributed by atoms with van der Waals surface area (Å²) in [4.78, 5) is 6.95. The molecule has 0 spiro atoms. The Labute approximate surface area is 163 Å². The first-order chi connectivity index (χ1) is 12.9. The molecule has 1 fully saturated rings. The zero-order valence-electron chi connectivity index (χ0n) is 17.0. The number of anilines is 1. The van der Waals surface area contributed by atoms with E-state index in [2.05, 4.69) is 48.0 Å². The molecule has 6 nitrogen and oxygen atoms in total. The number of nitrogens with one attached hydrogen (secondary N) is 1. The first-order valence-corrected chi connectivity index (χ1v) is 13.5. The highest BCUT2D eigenvalue weighted by atomic mass is 28.3. The van der Waals surface area contributed by atoms with Crippen LogP contribution < -0.4 is 5.32 Å². The van der Waals surface area contributed by atoms with Gasteiger partial charge in [0.15, 0.2) is 0 Å². The van der Waals surface area contributed by atoms with Gasteiger partial charge in [-0.2, -0.15) is 5.26 Å². The maximum atomic E-state index is 9.50. The largest absolute Gasteiger partial charge is 0.367 e. The molecule has 0 atom stereocenters. The highest BCUT2D eigenvalue weighted by Crippen LogP contribution is 2.23. The standard InChI is InChI=1S/C20H31N5OSi/c1-24-7-5-17(6-8-24)23-20-12-16-11-18(13-21)25(19(16)14-22-20)15-26-9-10-27(2,3)4/h11-12,14,17H,5-10,15H2,1-4H3,(H,22,23). The second-order valence-corrected chi connectivity index (χ2v) is 14.4. The smallest absolute Gasteiger partial charge is 0.126 e. The second kappa shape index (κ2) is 8.42. The molecular formula is C20H31N5OSi. The molecule has 7 heteroatoms. The molecule has 2 aromatic heterocycles. The number of piperidine rings is 1. The van der Waals surface area contributed by atoms with E-state index >= 15 is 0 Å². The third-order valence-electron chi connectivity index (χ3n) is 5.19. The Morgan fingerprint density at radius 1 is 1.30 bits per heavy atom. The summed E-state index contributed by atoms with van der Waals surface area (Å²) >= 11 is 0. The first kappa shape index (κ1) is 19.9. The fraction of sp³-hybridized carbons (Fsp3) is 0.600. The normalized spacial score (nSPS) is 16.6. The third kappa shape index (κ3) is 5.31. The molecule has 3 heterocycles. The lowest BCUT2D eigenvalue weighted by atomic mass is 10.1. The molecule has 1 aliphatic heterocycles. The Morgan fingerprint density at radius 3 is 2.70 bits per heavy atom. The molecule has 0 aliphatic carbocycles. The van der Waals surface area contributed by atoms with Crippen molar-refractivity contribution in [3.8, 4) is 6.07 Å². The van der Waals surface area contributed by atoms with Gasteiger partial charge < -0.3 is 19.5 Å². The van der Waals surface area contributed by atoms with Gasteiger partial charge in [0, 0.05) is 26.1 Å². The van der Waals surface area contributed by atoms with Crippen molar-refractivity contribution in [2.24, 2.45) is 0 Å². The van der Waals surface area contributed by atoms with Crippen LogP contribution in [0.15, 0.2) is 18.3 Å². The number of nitriles is 1. The molecule has 0 amide bonds. The van der Waals surface area contributed by atoms with E-state index in [4.69, 9.17) is 4.74 Å². The van der Waals surface area contributed by atoms with Gasteiger partial charge in [-0.15, -0.1) is 0 Å². The maximum absolute atomic E-state index is 9.50. The quantitative estimate of drug-likeness (QED) is 0.581. The molecule has 27 heavy (non-hydrogen) atoms. The maximum Gasteiger partial charge on any atom is 0.126 e. The number of likely N-dealkylation sites (tertiary alicyclic amines) is 1. The number of nitrogens with zero attached hydrogens (tertiary/aromatic N) is 4. The van der Waals surface area contributed by atoms with Crippen LogP contribution in [0.3, 0.4) is 0 Å². The molecule has 0 aromatic carbocycles. The number of rotatable bonds is 7. The first-order valence-electron chi connectivity index (χ1n) is 9.78. The fourth-order valence-corrected chi connectivity index (χ4v) is 4.12. The molecular weight excluding hydrogens is 354 g/mol. The molecule has 0 bridgehead atoms. The summed E-state index contributed by atoms with van der Waals surface area (Å²) in [5.41, 5.74) is 1.57. The lowest BCUT2D eigenvalue weighted by Crippen LogP contribution is -2.36. The van der Waals surface area contributed by atoms with Crippen LogP contribution in [0.25, 0.3) is 10.9 Å². The van der Waals surface area contributed by atoms with Gasteiger partial charge in [-0.1, -0.05) is 19.6 Å². The number of fused-ring (bicyclic) bond motifs is 1. The van der Waals surface area contributed by atoms with Gasteiger partial charge in [-0.05, 0) is 51.2 Å². The lowest BCUT2D eigenvalue weighted by Gasteiger charge is -2.29. The minimum atomic E-state index is -1.11. The molecule has 3 rings (SSSR count). The van der Waals surface area contributed by atoms with Gasteiger partial charge in [-0.3, -0.25) is 0 Å². The molecule has 2 aromatic rings. The predicted molar refractivity (Wildman–Crippen MR) is 113 cm³/mol. The van der Waals surface area contributed by atoms with Crippen molar-refractivity contribution in [3.63, 3.8) is 0 Å². The highest BCUT2D eigenvalue weighted by Gasteiger charge is 2.18. The summed E-state index contributed by atoms with van der Waals surface area (Å²) in [5.74, 6) is 0.887. The van der Waals surface area contributed by atoms with Crippen LogP contribution in [0.5, 0.6) is 0 Å². The Hall–Kier alpha value is -1.88. The topological polar surface area (TPSA) is 66.1 Å². The van der Waals surface area contributed by atoms with E-state index in [-0.39, 0.29) is 0 Å². The van der Waals surface area contributed by atoms with Crippen LogP contribution in [0.4, 0.5) is 5.82 Å². The summed E-state index contributed by atoms with van der Waals surface area (Å²) in [5, 5.41) is 14.1. The van der Waals surface area contributed by atoms with Gasteiger partial charge in [-0.25, -0.2) is 4.98 Å². The molecule has 1 saturated heterocycles. The monoisotopic (exact) mass is 385 g/mol. The number of hydrogen-bond acceptors (Lipinski definition) is 5. The molecule has 1 aliphatic rings. The average molecular weight is 386 g/mol. The lowest BCUT2D eigenvalue weighted by molar-refractivity contribution is 0.0897. The van der Waals surface area contributed by atoms with Crippen LogP contribution >= 0.6 is 0 Å². The van der Waals surface area contributed by atoms with Crippen molar-refractivity contribution in [1.82, 2.24) is 14.5 Å². The summed E-state index contributed by atoms with van der Waals surface area (Å²) in [6.45, 7) is 10.4. The van der Waals surface area contributed by atoms with Crippen molar-refractivity contribution >= 4 is 24.8 Å². The van der Waals surface area contributed by atoms with E-state index in [1.807, 2.05) is 22.9 Å². The molecule has 0 radical (unpaired) electrons. The predicted octanol–water partition coefficient (Wildman–Crippen LogP) is 3.73. The van der Waals surface area contributed by atoms with Crippen LogP contribution in [0.2, 0.25) is 25.7 Å². The summed E-state index contributed by atoms with van der Waals surface area (Å²) in [6.07, 6.45) is 4.12. The van der Waals surface area contributed by atoms with Crippen molar-refractivity contribution in [2.75, 3.05) is 32.1 Å². The molecule has 146 valence electrons. The molecule has 0 saturated carbocycles. The van der Waals surface area contributed by atoms with Crippen molar-refractivity contribution in [3.05, 3.63) is 24.0 Å². The van der Waals surface area contributed by atoms with Gasteiger partial charge in [0.2, 0.25) is 0 Å². The number of aromatic nitrogens is 2. The number of hydrogen-bond donors (Lipinski definition) is 1. The Morgan fingerprint density at radius 2 is 2.04 bits per heavy atom. The molecule has 1 N–H and O–H groups in total. The van der Waals surface area contributed by atoms with E-state index in [1.54, 1.807) is 0 Å². The van der Waals surface area contributed by atoms with Crippen LogP contribution in [0, 0.1) is 11.3 Å². The number of ether oxygens (including phenoxy) is 1. The van der Waals surface area contributed by atoms with Crippen molar-refractivity contribution in [2.45, 2.75) is 51.3 Å². The van der Waals surface area contributed by atoms with E-state index in [1.165, 1.54) is 0 Å². The van der Waals surface area contributed by atoms with Crippen molar-refractivity contribution < 1.29 is 4.74 Å². The van der Waals surface area contributed by atoms with E-state index in [9.17, 15) is 5.26 Å². The minimum Gasteiger partial charge on any atom is -0.367 e. The Kier molecular flexibility index (Phi) is 6.20. The third-order valence-corrected chi connectivity index (χ3v) is 6.89. The van der Waals surface area contributed by atoms with Gasteiger partial charge in [0.25, 0.3) is 0 Å². The zero-order valence-corrected chi connectivity index (χ0v) is 18.0. The van der Waals surface area contributed by atoms with Crippen molar-refractivity contribution in [1.29, 1.82) is 5.26 Å². The summed E-state index contributed by atoms with van der Waals surface area (Å²) < 4.78 is 7.79. The van der Waals surface area contributed by atoms with Gasteiger partial charge >= 0.3 is 0 Å². The van der Waals surface area contributed by atoms with E-state index < -0.39 is 8.07 Å². The Balaban J connectivity index is 1.69. The van der Waals surface area contributed by atoms with Crippen LogP contribution in [0.1, 0.15) is 18.5 Å². The van der Waals surface area contributed by atoms with Crippen LogP contribution in [-0.2, 0) is 11.5 Å². The average Bonchev–Trinajstić information content (AvgIpc) is 2.97. The van der Waals surface area contributed by atoms with E-state index in [0.29, 0.717) is 18.5 Å². The Bertz CT molecular complexity index is 812. The highest BCUT2D eigenvalue weighted by molar-refractivity contribution is 6.76. The minimum absolute atomic E-state index is 0.403. The second-order valence-electron chi connectivity index (χ2n) is 8.77. The summed E-state index contributed by atoms with van der Waals surface area (Å²) in [6, 6.07) is 7.85. The van der Waals surface area contributed by atoms with E-state index in [0.717, 1.165) is 55.3 Å². The SMILES string of the molecule is CN1CCC(Nc2cc3cc(C#N)n(COCC[Si](C)(C)C)c3cn2)CC1. The molecule has 0 unspecified atom stereocenters. The summed E-state index contributed by atoms with van der Waals surface area (Å²) in [7, 11) is 1.05. The zero-order chi connectivity index (χ0) is 19.4. The number of pyridine rings is 1. The fourth-order valence-electron chi connectivity index (χ4n) is 3.37. The van der Waals surface area contributed by atoms with Crippen LogP contribution in [-0.4, -0.2) is 55.3 Å².